The van der Waals surface area contributed by atoms with Crippen LogP contribution in [0.1, 0.15) is 11.6 Å². The van der Waals surface area contributed by atoms with Gasteiger partial charge in [0.25, 0.3) is 0 Å². The van der Waals surface area contributed by atoms with Crippen LogP contribution in [0.5, 0.6) is 0 Å². The maximum atomic E-state index is 11.5. The summed E-state index contributed by atoms with van der Waals surface area (Å²) in [6, 6.07) is 18.4. The Hall–Kier alpha value is -1.51. The molecule has 2 rings (SSSR count). The van der Waals surface area contributed by atoms with Crippen LogP contribution in [0.3, 0.4) is 0 Å². The van der Waals surface area contributed by atoms with Crippen molar-refractivity contribution in [1.82, 2.24) is 0 Å². The molecule has 0 bridgehead atoms. The Labute approximate surface area is 117 Å². The lowest BCUT2D eigenvalue weighted by molar-refractivity contribution is -0.112. The molecule has 0 saturated heterocycles. The molecule has 1 atom stereocenters. The Kier molecular flexibility index (Phi) is 5.69. The maximum Gasteiger partial charge on any atom is 0.248 e. The van der Waals surface area contributed by atoms with E-state index in [4.69, 9.17) is 11.6 Å². The fourth-order valence-corrected chi connectivity index (χ4v) is 1.80. The molecular weight excluding hydrogens is 269 g/mol. The number of halogens is 2. The average Bonchev–Trinajstić information content (AvgIpc) is 2.38. The minimum absolute atomic E-state index is 0. The molecule has 2 aromatic rings. The van der Waals surface area contributed by atoms with Gasteiger partial charge in [0.2, 0.25) is 5.24 Å². The summed E-state index contributed by atoms with van der Waals surface area (Å²) in [4.78, 5) is 11.5. The summed E-state index contributed by atoms with van der Waals surface area (Å²) >= 11 is 5.63. The Bertz CT molecular complexity index is 488. The molecule has 4 heteroatoms. The van der Waals surface area contributed by atoms with E-state index in [0.29, 0.717) is 0 Å². The van der Waals surface area contributed by atoms with Gasteiger partial charge in [0.15, 0.2) is 0 Å². The lowest BCUT2D eigenvalue weighted by Crippen LogP contribution is -2.16. The second-order valence-electron chi connectivity index (χ2n) is 3.66. The zero-order valence-electron chi connectivity index (χ0n) is 9.55. The van der Waals surface area contributed by atoms with Crippen molar-refractivity contribution >= 4 is 34.9 Å². The average molecular weight is 282 g/mol. The van der Waals surface area contributed by atoms with Gasteiger partial charge >= 0.3 is 0 Å². The number of benzene rings is 2. The van der Waals surface area contributed by atoms with Gasteiger partial charge in [-0.2, -0.15) is 0 Å². The molecule has 2 aromatic carbocycles. The van der Waals surface area contributed by atoms with Gasteiger partial charge in [-0.15, -0.1) is 12.4 Å². The third-order valence-electron chi connectivity index (χ3n) is 2.44. The molecule has 0 amide bonds. The normalized spacial score (nSPS) is 11.2. The zero-order valence-corrected chi connectivity index (χ0v) is 11.1. The maximum absolute atomic E-state index is 11.5. The van der Waals surface area contributed by atoms with E-state index < -0.39 is 11.3 Å². The second-order valence-corrected chi connectivity index (χ2v) is 4.03. The number of para-hydroxylation sites is 1. The number of hydrogen-bond donors (Lipinski definition) is 1. The molecule has 0 aliphatic carbocycles. The highest BCUT2D eigenvalue weighted by molar-refractivity contribution is 6.64. The van der Waals surface area contributed by atoms with Crippen molar-refractivity contribution in [3.63, 3.8) is 0 Å². The number of anilines is 1. The molecule has 1 N–H and O–H groups in total. The SMILES string of the molecule is Cl.O=C(Cl)C(Nc1ccccc1)c1ccccc1. The minimum atomic E-state index is -0.514. The number of carbonyl (C=O) groups excluding carboxylic acids is 1. The molecule has 1 unspecified atom stereocenters. The standard InChI is InChI=1S/C14H12ClNO.ClH/c15-14(17)13(11-7-3-1-4-8-11)16-12-9-5-2-6-10-12;/h1-10,13,16H;1H. The highest BCUT2D eigenvalue weighted by atomic mass is 35.5. The highest BCUT2D eigenvalue weighted by Crippen LogP contribution is 2.21. The Morgan fingerprint density at radius 1 is 0.944 bits per heavy atom. The van der Waals surface area contributed by atoms with Crippen molar-refractivity contribution in [2.45, 2.75) is 6.04 Å². The third kappa shape index (κ3) is 3.76. The summed E-state index contributed by atoms with van der Waals surface area (Å²) in [7, 11) is 0. The van der Waals surface area contributed by atoms with Crippen molar-refractivity contribution < 1.29 is 4.79 Å². The van der Waals surface area contributed by atoms with E-state index in [9.17, 15) is 4.79 Å². The molecule has 0 saturated carbocycles. The van der Waals surface area contributed by atoms with E-state index in [-0.39, 0.29) is 12.4 Å². The Morgan fingerprint density at radius 2 is 1.44 bits per heavy atom. The van der Waals surface area contributed by atoms with Crippen molar-refractivity contribution in [2.75, 3.05) is 5.32 Å². The van der Waals surface area contributed by atoms with E-state index in [1.165, 1.54) is 0 Å². The van der Waals surface area contributed by atoms with Gasteiger partial charge in [0.05, 0.1) is 0 Å². The summed E-state index contributed by atoms with van der Waals surface area (Å²) in [6.07, 6.45) is 0. The number of carbonyl (C=O) groups is 1. The van der Waals surface area contributed by atoms with E-state index in [2.05, 4.69) is 5.32 Å². The molecule has 0 radical (unpaired) electrons. The molecule has 0 spiro atoms. The molecule has 18 heavy (non-hydrogen) atoms. The first kappa shape index (κ1) is 14.6. The summed E-state index contributed by atoms with van der Waals surface area (Å²) in [6.45, 7) is 0. The Balaban J connectivity index is 0.00000162. The van der Waals surface area contributed by atoms with Crippen LogP contribution in [0.15, 0.2) is 60.7 Å². The van der Waals surface area contributed by atoms with Crippen molar-refractivity contribution in [3.05, 3.63) is 66.2 Å². The highest BCUT2D eigenvalue weighted by Gasteiger charge is 2.17. The van der Waals surface area contributed by atoms with Crippen molar-refractivity contribution in [3.8, 4) is 0 Å². The van der Waals surface area contributed by atoms with Crippen LogP contribution in [0.2, 0.25) is 0 Å². The van der Waals surface area contributed by atoms with Gasteiger partial charge < -0.3 is 5.32 Å². The summed E-state index contributed by atoms with van der Waals surface area (Å²) in [5.41, 5.74) is 1.73. The van der Waals surface area contributed by atoms with Crippen LogP contribution in [0.4, 0.5) is 5.69 Å². The van der Waals surface area contributed by atoms with E-state index in [1.807, 2.05) is 60.7 Å². The first-order chi connectivity index (χ1) is 8.27. The predicted molar refractivity (Wildman–Crippen MR) is 77.4 cm³/mol. The molecule has 0 aromatic heterocycles. The fourth-order valence-electron chi connectivity index (χ4n) is 1.62. The van der Waals surface area contributed by atoms with Crippen LogP contribution in [-0.4, -0.2) is 5.24 Å². The van der Waals surface area contributed by atoms with E-state index in [0.717, 1.165) is 11.3 Å². The molecular formula is C14H13Cl2NO. The molecule has 2 nitrogen and oxygen atoms in total. The van der Waals surface area contributed by atoms with Gasteiger partial charge in [0.1, 0.15) is 6.04 Å². The first-order valence-corrected chi connectivity index (χ1v) is 5.71. The Morgan fingerprint density at radius 3 is 1.94 bits per heavy atom. The van der Waals surface area contributed by atoms with E-state index >= 15 is 0 Å². The van der Waals surface area contributed by atoms with Crippen LogP contribution >= 0.6 is 24.0 Å². The number of nitrogens with one attached hydrogen (secondary N) is 1. The van der Waals surface area contributed by atoms with Gasteiger partial charge in [-0.05, 0) is 29.3 Å². The largest absolute Gasteiger partial charge is 0.371 e. The molecule has 0 aliphatic heterocycles. The fraction of sp³-hybridized carbons (Fsp3) is 0.0714. The number of hydrogen-bond acceptors (Lipinski definition) is 2. The first-order valence-electron chi connectivity index (χ1n) is 5.33. The van der Waals surface area contributed by atoms with Crippen LogP contribution in [-0.2, 0) is 4.79 Å². The quantitative estimate of drug-likeness (QED) is 0.858. The predicted octanol–water partition coefficient (Wildman–Crippen LogP) is 4.03. The summed E-state index contributed by atoms with van der Waals surface area (Å²) in [5.74, 6) is 0. The second kappa shape index (κ2) is 7.04. The lowest BCUT2D eigenvalue weighted by Gasteiger charge is -2.16. The van der Waals surface area contributed by atoms with Gasteiger partial charge in [0, 0.05) is 5.69 Å². The summed E-state index contributed by atoms with van der Waals surface area (Å²) < 4.78 is 0. The third-order valence-corrected chi connectivity index (χ3v) is 2.66. The zero-order chi connectivity index (χ0) is 12.1. The molecule has 0 heterocycles. The van der Waals surface area contributed by atoms with Gasteiger partial charge in [-0.25, -0.2) is 0 Å². The molecule has 0 aliphatic rings. The van der Waals surface area contributed by atoms with Crippen LogP contribution in [0.25, 0.3) is 0 Å². The topological polar surface area (TPSA) is 29.1 Å². The summed E-state index contributed by atoms with van der Waals surface area (Å²) in [5, 5.41) is 2.70. The monoisotopic (exact) mass is 281 g/mol. The van der Waals surface area contributed by atoms with Crippen molar-refractivity contribution in [2.24, 2.45) is 0 Å². The van der Waals surface area contributed by atoms with Crippen LogP contribution in [0, 0.1) is 0 Å². The van der Waals surface area contributed by atoms with E-state index in [1.54, 1.807) is 0 Å². The minimum Gasteiger partial charge on any atom is -0.371 e. The number of rotatable bonds is 4. The molecule has 0 fully saturated rings. The van der Waals surface area contributed by atoms with Gasteiger partial charge in [-0.1, -0.05) is 48.5 Å². The molecule has 94 valence electrons. The van der Waals surface area contributed by atoms with Gasteiger partial charge in [-0.3, -0.25) is 4.79 Å². The van der Waals surface area contributed by atoms with Crippen LogP contribution < -0.4 is 5.32 Å². The van der Waals surface area contributed by atoms with Crippen molar-refractivity contribution in [1.29, 1.82) is 0 Å². The smallest absolute Gasteiger partial charge is 0.248 e. The lowest BCUT2D eigenvalue weighted by atomic mass is 10.1.